The molecule has 1 aromatic heterocycles. The second kappa shape index (κ2) is 10.1. The minimum atomic E-state index is -0.788. The van der Waals surface area contributed by atoms with Gasteiger partial charge >= 0.3 is 0 Å². The summed E-state index contributed by atoms with van der Waals surface area (Å²) in [5.41, 5.74) is 3.32. The maximum Gasteiger partial charge on any atom is 0.217 e. The zero-order valence-corrected chi connectivity index (χ0v) is 21.0. The van der Waals surface area contributed by atoms with Gasteiger partial charge in [-0.2, -0.15) is 4.37 Å². The molecule has 0 spiro atoms. The van der Waals surface area contributed by atoms with E-state index in [9.17, 15) is 0 Å². The number of hydrogen-bond acceptors (Lipinski definition) is 8. The summed E-state index contributed by atoms with van der Waals surface area (Å²) in [6, 6.07) is 15.0. The number of fused-ring (bicyclic) bond motifs is 2. The molecule has 3 heterocycles. The fraction of sp³-hybridized carbons (Fsp3) is 0.458. The van der Waals surface area contributed by atoms with Crippen molar-refractivity contribution in [3.8, 4) is 0 Å². The summed E-state index contributed by atoms with van der Waals surface area (Å²) in [5.74, 6) is 0.352. The van der Waals surface area contributed by atoms with Crippen LogP contribution in [0.3, 0.4) is 0 Å². The van der Waals surface area contributed by atoms with Crippen LogP contribution in [0.4, 0.5) is 11.5 Å². The Morgan fingerprint density at radius 2 is 1.76 bits per heavy atom. The van der Waals surface area contributed by atoms with Gasteiger partial charge < -0.3 is 14.4 Å². The van der Waals surface area contributed by atoms with Crippen molar-refractivity contribution in [2.75, 3.05) is 70.6 Å². The number of hydroxylamine groups is 1. The van der Waals surface area contributed by atoms with Crippen LogP contribution < -0.4 is 9.96 Å². The molecule has 0 amide bonds. The highest BCUT2D eigenvalue weighted by atomic mass is 35.5. The lowest BCUT2D eigenvalue weighted by molar-refractivity contribution is -0.207. The number of nitrogens with zero attached hydrogens (tertiary/aromatic N) is 4. The highest BCUT2D eigenvalue weighted by Gasteiger charge is 2.44. The van der Waals surface area contributed by atoms with Crippen LogP contribution in [-0.4, -0.2) is 69.9 Å². The van der Waals surface area contributed by atoms with Crippen LogP contribution in [-0.2, 0) is 26.5 Å². The predicted octanol–water partition coefficient (Wildman–Crippen LogP) is 3.91. The lowest BCUT2D eigenvalue weighted by Gasteiger charge is -2.35. The number of ether oxygens (including phenoxy) is 2. The molecule has 0 bridgehead atoms. The first-order valence-corrected chi connectivity index (χ1v) is 11.8. The van der Waals surface area contributed by atoms with Crippen LogP contribution in [0.2, 0.25) is 0 Å². The molecule has 9 heteroatoms. The van der Waals surface area contributed by atoms with Crippen molar-refractivity contribution in [3.05, 3.63) is 53.6 Å². The van der Waals surface area contributed by atoms with Gasteiger partial charge in [-0.3, -0.25) is 9.74 Å². The van der Waals surface area contributed by atoms with Crippen molar-refractivity contribution < 1.29 is 14.3 Å². The molecule has 3 aromatic rings. The van der Waals surface area contributed by atoms with Crippen LogP contribution in [0.5, 0.6) is 0 Å². The topological polar surface area (TPSA) is 50.3 Å². The van der Waals surface area contributed by atoms with Crippen LogP contribution in [0.1, 0.15) is 11.1 Å². The first-order valence-electron chi connectivity index (χ1n) is 11.0. The second-order valence-electron chi connectivity index (χ2n) is 8.31. The van der Waals surface area contributed by atoms with Crippen molar-refractivity contribution in [1.29, 1.82) is 0 Å². The van der Waals surface area contributed by atoms with E-state index in [-0.39, 0.29) is 12.4 Å². The molecule has 0 saturated carbocycles. The van der Waals surface area contributed by atoms with E-state index in [4.69, 9.17) is 18.7 Å². The largest absolute Gasteiger partial charge is 0.353 e. The zero-order chi connectivity index (χ0) is 22.1. The molecule has 7 nitrogen and oxygen atoms in total. The van der Waals surface area contributed by atoms with Crippen LogP contribution >= 0.6 is 23.9 Å². The van der Waals surface area contributed by atoms with Crippen molar-refractivity contribution in [2.45, 2.75) is 12.2 Å². The number of rotatable bonds is 7. The predicted molar refractivity (Wildman–Crippen MR) is 136 cm³/mol. The van der Waals surface area contributed by atoms with E-state index < -0.39 is 5.79 Å². The molecule has 0 radical (unpaired) electrons. The maximum atomic E-state index is 5.77. The third kappa shape index (κ3) is 4.43. The van der Waals surface area contributed by atoms with Gasteiger partial charge in [-0.05, 0) is 47.8 Å². The lowest BCUT2D eigenvalue weighted by atomic mass is 10.0. The molecule has 0 N–H and O–H groups in total. The van der Waals surface area contributed by atoms with Crippen LogP contribution in [0.15, 0.2) is 42.5 Å². The Labute approximate surface area is 205 Å². The minimum Gasteiger partial charge on any atom is -0.353 e. The zero-order valence-electron chi connectivity index (χ0n) is 19.3. The Morgan fingerprint density at radius 1 is 1.00 bits per heavy atom. The average Bonchev–Trinajstić information content (AvgIpc) is 3.42. The number of benzene rings is 2. The monoisotopic (exact) mass is 490 g/mol. The van der Waals surface area contributed by atoms with Crippen LogP contribution in [0, 0.1) is 0 Å². The van der Waals surface area contributed by atoms with E-state index in [2.05, 4.69) is 52.3 Å². The maximum absolute atomic E-state index is 5.77. The molecule has 2 aliphatic heterocycles. The Bertz CT molecular complexity index is 1080. The van der Waals surface area contributed by atoms with Gasteiger partial charge in [0.25, 0.3) is 0 Å². The highest BCUT2D eigenvalue weighted by Crippen LogP contribution is 2.42. The Kier molecular flexibility index (Phi) is 7.43. The molecule has 0 aliphatic carbocycles. The molecule has 0 atom stereocenters. The summed E-state index contributed by atoms with van der Waals surface area (Å²) in [6.45, 7) is 5.67. The summed E-state index contributed by atoms with van der Waals surface area (Å²) < 4.78 is 17.5. The molecule has 2 aliphatic rings. The van der Waals surface area contributed by atoms with E-state index >= 15 is 0 Å². The molecule has 33 heavy (non-hydrogen) atoms. The fourth-order valence-electron chi connectivity index (χ4n) is 4.79. The van der Waals surface area contributed by atoms with E-state index in [0.29, 0.717) is 6.54 Å². The summed E-state index contributed by atoms with van der Waals surface area (Å²) in [4.78, 5) is 10.5. The van der Waals surface area contributed by atoms with Gasteiger partial charge in [0.1, 0.15) is 12.4 Å². The van der Waals surface area contributed by atoms with Gasteiger partial charge in [0, 0.05) is 57.9 Å². The highest BCUT2D eigenvalue weighted by molar-refractivity contribution is 7.13. The number of halogens is 1. The summed E-state index contributed by atoms with van der Waals surface area (Å²) in [7, 11) is 5.04. The number of methoxy groups -OCH3 is 2. The first kappa shape index (κ1) is 24.2. The smallest absolute Gasteiger partial charge is 0.217 e. The van der Waals surface area contributed by atoms with Gasteiger partial charge in [0.15, 0.2) is 0 Å². The third-order valence-corrected chi connectivity index (χ3v) is 7.54. The van der Waals surface area contributed by atoms with Crippen LogP contribution in [0.25, 0.3) is 10.1 Å². The SMILES string of the molecule is CON1CC(OC)(OC)c2cc(CCN3CCN(c4nsc5ccccc45)CC3)ccc21.Cl. The minimum absolute atomic E-state index is 0. The Hall–Kier alpha value is -1.94. The standard InChI is InChI=1S/C24H30N4O3S.ClH/c1-29-24(30-2)17-28(31-3)21-9-8-18(16-20(21)24)10-11-26-12-14-27(15-13-26)23-19-6-4-5-7-22(19)32-25-23;/h4-9,16H,10-15,17H2,1-3H3;1H. The lowest BCUT2D eigenvalue weighted by Crippen LogP contribution is -2.47. The van der Waals surface area contributed by atoms with Gasteiger partial charge in [-0.25, -0.2) is 5.06 Å². The molecule has 5 rings (SSSR count). The van der Waals surface area contributed by atoms with E-state index in [1.165, 1.54) is 15.6 Å². The molecule has 2 aromatic carbocycles. The number of hydrogen-bond donors (Lipinski definition) is 0. The molecule has 1 saturated heterocycles. The Balaban J connectivity index is 0.00000259. The summed E-state index contributed by atoms with van der Waals surface area (Å²) in [5, 5.41) is 3.10. The van der Waals surface area contributed by atoms with Gasteiger partial charge in [0.2, 0.25) is 5.79 Å². The van der Waals surface area contributed by atoms with Crippen molar-refractivity contribution in [3.63, 3.8) is 0 Å². The van der Waals surface area contributed by atoms with E-state index in [1.54, 1.807) is 32.9 Å². The van der Waals surface area contributed by atoms with E-state index in [0.717, 1.165) is 56.2 Å². The fourth-order valence-corrected chi connectivity index (χ4v) is 5.58. The Morgan fingerprint density at radius 3 is 2.48 bits per heavy atom. The average molecular weight is 491 g/mol. The quantitative estimate of drug-likeness (QED) is 0.465. The van der Waals surface area contributed by atoms with E-state index in [1.807, 2.05) is 5.06 Å². The number of anilines is 2. The molecule has 0 unspecified atom stereocenters. The second-order valence-corrected chi connectivity index (χ2v) is 9.12. The van der Waals surface area contributed by atoms with Gasteiger partial charge in [0.05, 0.1) is 17.5 Å². The molecular formula is C24H31ClN4O3S. The van der Waals surface area contributed by atoms with Gasteiger partial charge in [-0.15, -0.1) is 12.4 Å². The molecule has 178 valence electrons. The van der Waals surface area contributed by atoms with Crippen molar-refractivity contribution in [1.82, 2.24) is 9.27 Å². The molecular weight excluding hydrogens is 460 g/mol. The summed E-state index contributed by atoms with van der Waals surface area (Å²) in [6.07, 6.45) is 0.989. The first-order chi connectivity index (χ1) is 15.7. The molecule has 1 fully saturated rings. The number of aromatic nitrogens is 1. The van der Waals surface area contributed by atoms with Crippen molar-refractivity contribution >= 4 is 45.5 Å². The summed E-state index contributed by atoms with van der Waals surface area (Å²) >= 11 is 1.59. The number of piperazine rings is 1. The van der Waals surface area contributed by atoms with Crippen molar-refractivity contribution in [2.24, 2.45) is 0 Å². The normalized spacial score (nSPS) is 17.9. The van der Waals surface area contributed by atoms with Gasteiger partial charge in [-0.1, -0.05) is 18.2 Å². The third-order valence-electron chi connectivity index (χ3n) is 6.72.